The Morgan fingerprint density at radius 1 is 1.41 bits per heavy atom. The van der Waals surface area contributed by atoms with E-state index in [1.165, 1.54) is 0 Å². The second-order valence-electron chi connectivity index (χ2n) is 5.80. The average Bonchev–Trinajstić information content (AvgIpc) is 2.52. The maximum atomic E-state index is 13.0. The summed E-state index contributed by atoms with van der Waals surface area (Å²) in [6.45, 7) is 2.58. The van der Waals surface area contributed by atoms with Crippen molar-refractivity contribution in [3.8, 4) is 0 Å². The van der Waals surface area contributed by atoms with E-state index in [0.717, 1.165) is 35.9 Å². The van der Waals surface area contributed by atoms with Crippen molar-refractivity contribution in [2.45, 2.75) is 32.2 Å². The van der Waals surface area contributed by atoms with Crippen molar-refractivity contribution in [3.63, 3.8) is 0 Å². The first-order valence-electron chi connectivity index (χ1n) is 7.59. The van der Waals surface area contributed by atoms with Gasteiger partial charge in [-0.3, -0.25) is 9.78 Å². The van der Waals surface area contributed by atoms with Crippen molar-refractivity contribution in [2.24, 2.45) is 0 Å². The maximum Gasteiger partial charge on any atom is 0.254 e. The van der Waals surface area contributed by atoms with Gasteiger partial charge >= 0.3 is 0 Å². The van der Waals surface area contributed by atoms with Crippen molar-refractivity contribution < 1.29 is 9.90 Å². The number of piperidine rings is 1. The van der Waals surface area contributed by atoms with E-state index >= 15 is 0 Å². The van der Waals surface area contributed by atoms with Crippen LogP contribution in [0.25, 0.3) is 10.9 Å². The lowest BCUT2D eigenvalue weighted by Gasteiger charge is -2.35. The minimum atomic E-state index is -0.0860. The summed E-state index contributed by atoms with van der Waals surface area (Å²) in [5.74, 6) is -0.0310. The molecule has 1 aromatic carbocycles. The molecule has 0 aliphatic carbocycles. The molecule has 1 aliphatic rings. The molecule has 0 unspecified atom stereocenters. The van der Waals surface area contributed by atoms with E-state index in [9.17, 15) is 9.90 Å². The van der Waals surface area contributed by atoms with Gasteiger partial charge in [-0.1, -0.05) is 17.7 Å². The fraction of sp³-hybridized carbons (Fsp3) is 0.412. The molecule has 22 heavy (non-hydrogen) atoms. The van der Waals surface area contributed by atoms with Gasteiger partial charge in [-0.2, -0.15) is 0 Å². The molecule has 1 aliphatic heterocycles. The van der Waals surface area contributed by atoms with Gasteiger partial charge in [0.1, 0.15) is 0 Å². The van der Waals surface area contributed by atoms with E-state index in [-0.39, 0.29) is 18.6 Å². The van der Waals surface area contributed by atoms with Gasteiger partial charge in [-0.25, -0.2) is 0 Å². The predicted molar refractivity (Wildman–Crippen MR) is 87.3 cm³/mol. The first-order valence-corrected chi connectivity index (χ1v) is 7.96. The third-order valence-electron chi connectivity index (χ3n) is 4.23. The second-order valence-corrected chi connectivity index (χ2v) is 6.24. The molecule has 1 aromatic heterocycles. The molecular formula is C17H19ClN2O2. The van der Waals surface area contributed by atoms with E-state index in [1.54, 1.807) is 17.0 Å². The van der Waals surface area contributed by atoms with Gasteiger partial charge in [0.05, 0.1) is 23.7 Å². The molecule has 3 rings (SSSR count). The van der Waals surface area contributed by atoms with E-state index in [1.807, 2.05) is 19.1 Å². The standard InChI is InChI=1S/C17H19ClN2O2/c1-11-8-15(14-6-5-12(18)9-16(14)19-11)17(22)20-7-3-2-4-13(20)10-21/h5-6,8-9,13,21H,2-4,7,10H2,1H3/t13-/m1/s1. The molecule has 1 atom stereocenters. The highest BCUT2D eigenvalue weighted by Crippen LogP contribution is 2.26. The van der Waals surface area contributed by atoms with Crippen molar-refractivity contribution in [2.75, 3.05) is 13.2 Å². The van der Waals surface area contributed by atoms with Gasteiger partial charge in [0.25, 0.3) is 5.91 Å². The Balaban J connectivity index is 2.06. The van der Waals surface area contributed by atoms with Crippen LogP contribution in [0.4, 0.5) is 0 Å². The van der Waals surface area contributed by atoms with Crippen molar-refractivity contribution in [1.82, 2.24) is 9.88 Å². The molecule has 0 radical (unpaired) electrons. The number of benzene rings is 1. The van der Waals surface area contributed by atoms with Gasteiger partial charge in [0.2, 0.25) is 0 Å². The molecule has 1 fully saturated rings. The lowest BCUT2D eigenvalue weighted by molar-refractivity contribution is 0.0505. The summed E-state index contributed by atoms with van der Waals surface area (Å²) in [6.07, 6.45) is 2.90. The number of pyridine rings is 1. The number of aliphatic hydroxyl groups excluding tert-OH is 1. The number of amides is 1. The Morgan fingerprint density at radius 3 is 3.00 bits per heavy atom. The van der Waals surface area contributed by atoms with Gasteiger partial charge in [-0.15, -0.1) is 0 Å². The van der Waals surface area contributed by atoms with Crippen LogP contribution in [0.2, 0.25) is 5.02 Å². The summed E-state index contributed by atoms with van der Waals surface area (Å²) >= 11 is 6.03. The number of aromatic nitrogens is 1. The molecule has 1 saturated heterocycles. The van der Waals surface area contributed by atoms with Gasteiger partial charge < -0.3 is 10.0 Å². The zero-order chi connectivity index (χ0) is 15.7. The molecule has 5 heteroatoms. The number of rotatable bonds is 2. The molecule has 2 aromatic rings. The fourth-order valence-electron chi connectivity index (χ4n) is 3.12. The number of aliphatic hydroxyl groups is 1. The quantitative estimate of drug-likeness (QED) is 0.925. The van der Waals surface area contributed by atoms with Crippen LogP contribution in [0, 0.1) is 6.92 Å². The third kappa shape index (κ3) is 2.81. The molecule has 0 saturated carbocycles. The van der Waals surface area contributed by atoms with Crippen LogP contribution in [0.1, 0.15) is 35.3 Å². The zero-order valence-corrected chi connectivity index (χ0v) is 13.3. The highest BCUT2D eigenvalue weighted by Gasteiger charge is 2.28. The number of nitrogens with zero attached hydrogens (tertiary/aromatic N) is 2. The Kier molecular flexibility index (Phi) is 4.32. The second kappa shape index (κ2) is 6.23. The smallest absolute Gasteiger partial charge is 0.254 e. The fourth-order valence-corrected chi connectivity index (χ4v) is 3.29. The highest BCUT2D eigenvalue weighted by atomic mass is 35.5. The topological polar surface area (TPSA) is 53.4 Å². The highest BCUT2D eigenvalue weighted by molar-refractivity contribution is 6.31. The lowest BCUT2D eigenvalue weighted by Crippen LogP contribution is -2.45. The summed E-state index contributed by atoms with van der Waals surface area (Å²) in [7, 11) is 0. The molecule has 116 valence electrons. The van der Waals surface area contributed by atoms with Crippen LogP contribution < -0.4 is 0 Å². The minimum absolute atomic E-state index is 0.0135. The Labute approximate surface area is 134 Å². The number of carbonyl (C=O) groups excluding carboxylic acids is 1. The molecular weight excluding hydrogens is 300 g/mol. The molecule has 0 spiro atoms. The number of hydrogen-bond donors (Lipinski definition) is 1. The normalized spacial score (nSPS) is 18.7. The summed E-state index contributed by atoms with van der Waals surface area (Å²) in [6, 6.07) is 7.13. The lowest BCUT2D eigenvalue weighted by atomic mass is 10.00. The summed E-state index contributed by atoms with van der Waals surface area (Å²) in [5, 5.41) is 11.0. The van der Waals surface area contributed by atoms with E-state index in [2.05, 4.69) is 4.98 Å². The Bertz CT molecular complexity index is 712. The largest absolute Gasteiger partial charge is 0.394 e. The van der Waals surface area contributed by atoms with Gasteiger partial charge in [-0.05, 0) is 44.4 Å². The van der Waals surface area contributed by atoms with Crippen LogP contribution in [0.5, 0.6) is 0 Å². The first kappa shape index (κ1) is 15.3. The molecule has 1 amide bonds. The monoisotopic (exact) mass is 318 g/mol. The van der Waals surface area contributed by atoms with Crippen LogP contribution in [0.15, 0.2) is 24.3 Å². The van der Waals surface area contributed by atoms with Gasteiger partial charge in [0, 0.05) is 22.6 Å². The van der Waals surface area contributed by atoms with Crippen LogP contribution in [0.3, 0.4) is 0 Å². The SMILES string of the molecule is Cc1cc(C(=O)N2CCCC[C@@H]2CO)c2ccc(Cl)cc2n1. The summed E-state index contributed by atoms with van der Waals surface area (Å²) < 4.78 is 0. The maximum absolute atomic E-state index is 13.0. The van der Waals surface area contributed by atoms with Gasteiger partial charge in [0.15, 0.2) is 0 Å². The van der Waals surface area contributed by atoms with Crippen LogP contribution in [-0.4, -0.2) is 40.1 Å². The average molecular weight is 319 g/mol. The molecule has 2 heterocycles. The zero-order valence-electron chi connectivity index (χ0n) is 12.6. The third-order valence-corrected chi connectivity index (χ3v) is 4.46. The molecule has 1 N–H and O–H groups in total. The first-order chi connectivity index (χ1) is 10.6. The Hall–Kier alpha value is -1.65. The minimum Gasteiger partial charge on any atom is -0.394 e. The summed E-state index contributed by atoms with van der Waals surface area (Å²) in [5.41, 5.74) is 2.16. The number of likely N-dealkylation sites (tertiary alicyclic amines) is 1. The van der Waals surface area contributed by atoms with Crippen molar-refractivity contribution >= 4 is 28.4 Å². The van der Waals surface area contributed by atoms with Crippen molar-refractivity contribution in [1.29, 1.82) is 0 Å². The van der Waals surface area contributed by atoms with Crippen molar-refractivity contribution in [3.05, 3.63) is 40.5 Å². The number of carbonyl (C=O) groups is 1. The number of aryl methyl sites for hydroxylation is 1. The van der Waals surface area contributed by atoms with E-state index in [4.69, 9.17) is 11.6 Å². The summed E-state index contributed by atoms with van der Waals surface area (Å²) in [4.78, 5) is 19.2. The van der Waals surface area contributed by atoms with E-state index < -0.39 is 0 Å². The molecule has 4 nitrogen and oxygen atoms in total. The van der Waals surface area contributed by atoms with Crippen LogP contribution in [-0.2, 0) is 0 Å². The number of fused-ring (bicyclic) bond motifs is 1. The number of hydrogen-bond acceptors (Lipinski definition) is 3. The Morgan fingerprint density at radius 2 is 2.23 bits per heavy atom. The number of halogens is 1. The predicted octanol–water partition coefficient (Wildman–Crippen LogP) is 3.18. The van der Waals surface area contributed by atoms with E-state index in [0.29, 0.717) is 17.1 Å². The molecule has 0 bridgehead atoms. The van der Waals surface area contributed by atoms with Crippen LogP contribution >= 0.6 is 11.6 Å².